The summed E-state index contributed by atoms with van der Waals surface area (Å²) in [5, 5.41) is 15.6. The van der Waals surface area contributed by atoms with Crippen LogP contribution < -0.4 is 5.32 Å². The van der Waals surface area contributed by atoms with Gasteiger partial charge < -0.3 is 14.9 Å². The molecule has 1 aromatic heterocycles. The molecule has 96 valence electrons. The Morgan fingerprint density at radius 3 is 2.59 bits per heavy atom. The van der Waals surface area contributed by atoms with E-state index in [2.05, 4.69) is 10.5 Å². The lowest BCUT2D eigenvalue weighted by Gasteiger charge is -2.12. The van der Waals surface area contributed by atoms with Crippen LogP contribution in [0.3, 0.4) is 0 Å². The van der Waals surface area contributed by atoms with Gasteiger partial charge in [-0.2, -0.15) is 0 Å². The van der Waals surface area contributed by atoms with E-state index in [1.165, 1.54) is 0 Å². The van der Waals surface area contributed by atoms with Crippen molar-refractivity contribution in [3.8, 4) is 0 Å². The molecule has 5 heteroatoms. The summed E-state index contributed by atoms with van der Waals surface area (Å²) in [6, 6.07) is 0. The second-order valence-corrected chi connectivity index (χ2v) is 4.50. The molecular formula is C12H20N2O3. The predicted molar refractivity (Wildman–Crippen MR) is 63.5 cm³/mol. The third-order valence-electron chi connectivity index (χ3n) is 2.71. The van der Waals surface area contributed by atoms with Gasteiger partial charge in [0, 0.05) is 18.0 Å². The van der Waals surface area contributed by atoms with E-state index >= 15 is 0 Å². The van der Waals surface area contributed by atoms with E-state index in [0.29, 0.717) is 6.42 Å². The molecule has 1 heterocycles. The first-order valence-corrected chi connectivity index (χ1v) is 5.79. The fourth-order valence-corrected chi connectivity index (χ4v) is 1.61. The lowest BCUT2D eigenvalue weighted by molar-refractivity contribution is -0.124. The summed E-state index contributed by atoms with van der Waals surface area (Å²) in [4.78, 5) is 11.7. The molecule has 0 spiro atoms. The van der Waals surface area contributed by atoms with Crippen molar-refractivity contribution in [3.63, 3.8) is 0 Å². The Labute approximate surface area is 101 Å². The van der Waals surface area contributed by atoms with Crippen molar-refractivity contribution in [2.45, 2.75) is 40.2 Å². The molecule has 0 aromatic carbocycles. The van der Waals surface area contributed by atoms with Gasteiger partial charge in [-0.05, 0) is 27.2 Å². The fourth-order valence-electron chi connectivity index (χ4n) is 1.61. The number of hydrogen-bond donors (Lipinski definition) is 2. The van der Waals surface area contributed by atoms with Crippen molar-refractivity contribution in [2.75, 3.05) is 6.54 Å². The Bertz CT molecular complexity index is 366. The first-order chi connectivity index (χ1) is 7.91. The van der Waals surface area contributed by atoms with Crippen molar-refractivity contribution in [3.05, 3.63) is 17.0 Å². The van der Waals surface area contributed by atoms with Crippen molar-refractivity contribution in [1.82, 2.24) is 10.5 Å². The standard InChI is InChI=1S/C12H20N2O3/c1-7(12(16)13-6-8(2)15)5-11-9(3)14-17-10(11)4/h7-8,15H,5-6H2,1-4H3,(H,13,16). The number of amides is 1. The number of carbonyl (C=O) groups excluding carboxylic acids is 1. The van der Waals surface area contributed by atoms with Gasteiger partial charge in [-0.3, -0.25) is 4.79 Å². The first-order valence-electron chi connectivity index (χ1n) is 5.79. The van der Waals surface area contributed by atoms with E-state index in [4.69, 9.17) is 9.63 Å². The minimum Gasteiger partial charge on any atom is -0.392 e. The highest BCUT2D eigenvalue weighted by atomic mass is 16.5. The van der Waals surface area contributed by atoms with Crippen molar-refractivity contribution in [1.29, 1.82) is 0 Å². The van der Waals surface area contributed by atoms with Gasteiger partial charge in [0.15, 0.2) is 0 Å². The molecule has 1 amide bonds. The Morgan fingerprint density at radius 2 is 2.12 bits per heavy atom. The highest BCUT2D eigenvalue weighted by molar-refractivity contribution is 5.78. The highest BCUT2D eigenvalue weighted by Crippen LogP contribution is 2.17. The second-order valence-electron chi connectivity index (χ2n) is 4.50. The fraction of sp³-hybridized carbons (Fsp3) is 0.667. The van der Waals surface area contributed by atoms with Crippen molar-refractivity contribution < 1.29 is 14.4 Å². The number of carbonyl (C=O) groups is 1. The number of aliphatic hydroxyl groups is 1. The molecule has 0 bridgehead atoms. The minimum atomic E-state index is -0.523. The van der Waals surface area contributed by atoms with Crippen LogP contribution in [0.4, 0.5) is 0 Å². The third-order valence-corrected chi connectivity index (χ3v) is 2.71. The van der Waals surface area contributed by atoms with E-state index in [0.717, 1.165) is 17.0 Å². The molecule has 0 fully saturated rings. The number of hydrogen-bond acceptors (Lipinski definition) is 4. The van der Waals surface area contributed by atoms with Crippen LogP contribution in [0.1, 0.15) is 30.9 Å². The van der Waals surface area contributed by atoms with E-state index in [9.17, 15) is 4.79 Å². The molecule has 2 unspecified atom stereocenters. The van der Waals surface area contributed by atoms with Gasteiger partial charge >= 0.3 is 0 Å². The zero-order valence-corrected chi connectivity index (χ0v) is 10.8. The predicted octanol–water partition coefficient (Wildman–Crippen LogP) is 0.967. The summed E-state index contributed by atoms with van der Waals surface area (Å²) in [6.45, 7) is 7.48. The molecule has 1 aromatic rings. The number of rotatable bonds is 5. The van der Waals surface area contributed by atoms with Gasteiger partial charge in [0.1, 0.15) is 5.76 Å². The second kappa shape index (κ2) is 5.82. The van der Waals surface area contributed by atoms with E-state index < -0.39 is 6.10 Å². The Kier molecular flexibility index (Phi) is 4.69. The molecule has 0 radical (unpaired) electrons. The summed E-state index contributed by atoms with van der Waals surface area (Å²) in [5.41, 5.74) is 1.82. The molecule has 2 atom stereocenters. The van der Waals surface area contributed by atoms with Gasteiger partial charge in [0.2, 0.25) is 5.91 Å². The normalized spacial score (nSPS) is 14.4. The molecule has 0 saturated heterocycles. The highest BCUT2D eigenvalue weighted by Gasteiger charge is 2.18. The maximum absolute atomic E-state index is 11.7. The monoisotopic (exact) mass is 240 g/mol. The summed E-state index contributed by atoms with van der Waals surface area (Å²) in [7, 11) is 0. The van der Waals surface area contributed by atoms with Gasteiger partial charge in [-0.15, -0.1) is 0 Å². The third kappa shape index (κ3) is 3.85. The van der Waals surface area contributed by atoms with Gasteiger partial charge in [0.05, 0.1) is 11.8 Å². The van der Waals surface area contributed by atoms with Crippen LogP contribution in [0.2, 0.25) is 0 Å². The zero-order valence-electron chi connectivity index (χ0n) is 10.8. The average Bonchev–Trinajstić information content (AvgIpc) is 2.57. The number of nitrogens with one attached hydrogen (secondary N) is 1. The molecule has 0 aliphatic heterocycles. The Hall–Kier alpha value is -1.36. The van der Waals surface area contributed by atoms with E-state index in [1.54, 1.807) is 6.92 Å². The van der Waals surface area contributed by atoms with Crippen LogP contribution in [0.5, 0.6) is 0 Å². The molecule has 0 saturated carbocycles. The largest absolute Gasteiger partial charge is 0.392 e. The van der Waals surface area contributed by atoms with Crippen molar-refractivity contribution in [2.24, 2.45) is 5.92 Å². The maximum Gasteiger partial charge on any atom is 0.223 e. The quantitative estimate of drug-likeness (QED) is 0.804. The van der Waals surface area contributed by atoms with Crippen molar-refractivity contribution >= 4 is 5.91 Å². The van der Waals surface area contributed by atoms with Crippen LogP contribution >= 0.6 is 0 Å². The lowest BCUT2D eigenvalue weighted by Crippen LogP contribution is -2.35. The Balaban J connectivity index is 2.54. The number of aryl methyl sites for hydroxylation is 2. The summed E-state index contributed by atoms with van der Waals surface area (Å²) < 4.78 is 5.05. The van der Waals surface area contributed by atoms with Crippen LogP contribution in [-0.4, -0.2) is 28.8 Å². The molecule has 5 nitrogen and oxygen atoms in total. The molecular weight excluding hydrogens is 220 g/mol. The van der Waals surface area contributed by atoms with Gasteiger partial charge in [0.25, 0.3) is 0 Å². The van der Waals surface area contributed by atoms with Crippen LogP contribution in [0.25, 0.3) is 0 Å². The molecule has 17 heavy (non-hydrogen) atoms. The van der Waals surface area contributed by atoms with Crippen LogP contribution in [0, 0.1) is 19.8 Å². The topological polar surface area (TPSA) is 75.4 Å². The number of nitrogens with zero attached hydrogens (tertiary/aromatic N) is 1. The zero-order chi connectivity index (χ0) is 13.0. The number of aromatic nitrogens is 1. The molecule has 0 aliphatic carbocycles. The van der Waals surface area contributed by atoms with E-state index in [1.807, 2.05) is 20.8 Å². The molecule has 1 rings (SSSR count). The maximum atomic E-state index is 11.7. The van der Waals surface area contributed by atoms with Gasteiger partial charge in [-0.25, -0.2) is 0 Å². The summed E-state index contributed by atoms with van der Waals surface area (Å²) in [6.07, 6.45) is 0.0810. The van der Waals surface area contributed by atoms with Gasteiger partial charge in [-0.1, -0.05) is 12.1 Å². The first kappa shape index (κ1) is 13.7. The number of aliphatic hydroxyl groups excluding tert-OH is 1. The minimum absolute atomic E-state index is 0.0640. The van der Waals surface area contributed by atoms with E-state index in [-0.39, 0.29) is 18.4 Å². The smallest absolute Gasteiger partial charge is 0.223 e. The molecule has 0 aliphatic rings. The van der Waals surface area contributed by atoms with Crippen LogP contribution in [-0.2, 0) is 11.2 Å². The summed E-state index contributed by atoms with van der Waals surface area (Å²) >= 11 is 0. The lowest BCUT2D eigenvalue weighted by atomic mass is 9.99. The molecule has 2 N–H and O–H groups in total. The SMILES string of the molecule is Cc1noc(C)c1CC(C)C(=O)NCC(C)O. The summed E-state index contributed by atoms with van der Waals surface area (Å²) in [5.74, 6) is 0.536. The average molecular weight is 240 g/mol. The Morgan fingerprint density at radius 1 is 1.47 bits per heavy atom. The van der Waals surface area contributed by atoms with Crippen LogP contribution in [0.15, 0.2) is 4.52 Å².